The molecule has 0 unspecified atom stereocenters. The van der Waals surface area contributed by atoms with Crippen molar-refractivity contribution in [2.24, 2.45) is 11.3 Å². The monoisotopic (exact) mass is 350 g/mol. The number of carbonyl (C=O) groups is 1. The summed E-state index contributed by atoms with van der Waals surface area (Å²) in [6.07, 6.45) is 4.20. The van der Waals surface area contributed by atoms with Crippen LogP contribution in [0.1, 0.15) is 39.3 Å². The highest BCUT2D eigenvalue weighted by Gasteiger charge is 2.28. The fraction of sp³-hybridized carbons (Fsp3) is 0.722. The molecular weight excluding hydrogens is 320 g/mol. The summed E-state index contributed by atoms with van der Waals surface area (Å²) in [4.78, 5) is 25.6. The molecule has 5 nitrogen and oxygen atoms in total. The lowest BCUT2D eigenvalue weighted by atomic mass is 9.92. The van der Waals surface area contributed by atoms with Crippen LogP contribution < -0.4 is 4.90 Å². The molecule has 0 N–H and O–H groups in total. The number of hydrogen-bond donors (Lipinski definition) is 0. The van der Waals surface area contributed by atoms with E-state index >= 15 is 0 Å². The molecule has 6 heteroatoms. The Morgan fingerprint density at radius 2 is 1.96 bits per heavy atom. The number of rotatable bonds is 4. The van der Waals surface area contributed by atoms with Gasteiger partial charge in [0.15, 0.2) is 5.16 Å². The van der Waals surface area contributed by atoms with Crippen LogP contribution in [-0.2, 0) is 4.79 Å². The summed E-state index contributed by atoms with van der Waals surface area (Å²) in [6, 6.07) is 2.06. The quantitative estimate of drug-likeness (QED) is 0.616. The minimum absolute atomic E-state index is 0.223. The van der Waals surface area contributed by atoms with Crippen LogP contribution in [0.5, 0.6) is 0 Å². The maximum absolute atomic E-state index is 12.3. The molecule has 0 aromatic carbocycles. The molecule has 0 saturated carbocycles. The second-order valence-electron chi connectivity index (χ2n) is 7.72. The number of aryl methyl sites for hydroxylation is 1. The Kier molecular flexibility index (Phi) is 6.12. The van der Waals surface area contributed by atoms with E-state index in [2.05, 4.69) is 20.9 Å². The highest BCUT2D eigenvalue weighted by atomic mass is 32.2. The third-order valence-corrected chi connectivity index (χ3v) is 5.01. The van der Waals surface area contributed by atoms with Crippen molar-refractivity contribution in [3.8, 4) is 0 Å². The average molecular weight is 351 g/mol. The van der Waals surface area contributed by atoms with E-state index in [9.17, 15) is 4.79 Å². The lowest BCUT2D eigenvalue weighted by molar-refractivity contribution is -0.138. The van der Waals surface area contributed by atoms with Crippen LogP contribution in [0.3, 0.4) is 0 Å². The highest BCUT2D eigenvalue weighted by molar-refractivity contribution is 7.98. The molecule has 1 saturated heterocycles. The van der Waals surface area contributed by atoms with Crippen molar-refractivity contribution in [2.45, 2.75) is 45.7 Å². The third kappa shape index (κ3) is 4.85. The molecule has 1 aliphatic heterocycles. The molecule has 0 radical (unpaired) electrons. The van der Waals surface area contributed by atoms with Crippen molar-refractivity contribution in [3.05, 3.63) is 11.8 Å². The molecular formula is C18H30N4OS. The molecule has 0 bridgehead atoms. The van der Waals surface area contributed by atoms with E-state index in [1.54, 1.807) is 11.8 Å². The molecule has 134 valence electrons. The molecule has 1 amide bonds. The van der Waals surface area contributed by atoms with Gasteiger partial charge in [0, 0.05) is 43.9 Å². The summed E-state index contributed by atoms with van der Waals surface area (Å²) in [5.41, 5.74) is 0.712. The zero-order valence-electron chi connectivity index (χ0n) is 15.8. The van der Waals surface area contributed by atoms with Crippen LogP contribution in [0, 0.1) is 18.3 Å². The molecule has 1 aromatic heterocycles. The summed E-state index contributed by atoms with van der Waals surface area (Å²) in [5.74, 6) is 1.82. The van der Waals surface area contributed by atoms with Gasteiger partial charge in [-0.3, -0.25) is 4.79 Å². The predicted molar refractivity (Wildman–Crippen MR) is 101 cm³/mol. The van der Waals surface area contributed by atoms with E-state index in [-0.39, 0.29) is 11.3 Å². The first kappa shape index (κ1) is 19.0. The van der Waals surface area contributed by atoms with Crippen LogP contribution >= 0.6 is 11.8 Å². The summed E-state index contributed by atoms with van der Waals surface area (Å²) < 4.78 is 0. The normalized spacial score (nSPS) is 16.3. The molecule has 1 aromatic rings. The molecule has 2 heterocycles. The van der Waals surface area contributed by atoms with Gasteiger partial charge >= 0.3 is 0 Å². The lowest BCUT2D eigenvalue weighted by Crippen LogP contribution is -2.43. The van der Waals surface area contributed by atoms with E-state index < -0.39 is 0 Å². The van der Waals surface area contributed by atoms with Crippen molar-refractivity contribution in [1.29, 1.82) is 0 Å². The first-order valence-corrected chi connectivity index (χ1v) is 9.83. The summed E-state index contributed by atoms with van der Waals surface area (Å²) in [6.45, 7) is 10.8. The minimum atomic E-state index is -0.303. The Bertz CT molecular complexity index is 577. The van der Waals surface area contributed by atoms with Crippen LogP contribution in [0.15, 0.2) is 11.2 Å². The second kappa shape index (κ2) is 7.72. The fourth-order valence-electron chi connectivity index (χ4n) is 3.17. The van der Waals surface area contributed by atoms with Crippen molar-refractivity contribution in [2.75, 3.05) is 37.8 Å². The number of nitrogens with zero attached hydrogens (tertiary/aromatic N) is 4. The number of piperidine rings is 1. The number of carbonyl (C=O) groups excluding carboxylic acids is 1. The van der Waals surface area contributed by atoms with Crippen molar-refractivity contribution < 1.29 is 4.79 Å². The Labute approximate surface area is 150 Å². The molecule has 1 fully saturated rings. The maximum atomic E-state index is 12.3. The maximum Gasteiger partial charge on any atom is 0.227 e. The van der Waals surface area contributed by atoms with Gasteiger partial charge in [-0.1, -0.05) is 32.5 Å². The number of thioether (sulfide) groups is 1. The standard InChI is InChI=1S/C18H30N4OS/c1-13-11-15(20-17(19-13)24-6)22-9-7-14(8-10-22)12-21(5)16(23)18(2,3)4/h11,14H,7-10,12H2,1-6H3. The summed E-state index contributed by atoms with van der Waals surface area (Å²) in [5, 5.41) is 0.836. The van der Waals surface area contributed by atoms with Crippen molar-refractivity contribution >= 4 is 23.5 Å². The topological polar surface area (TPSA) is 49.3 Å². The SMILES string of the molecule is CSc1nc(C)cc(N2CCC(CN(C)C(=O)C(C)(C)C)CC2)n1. The van der Waals surface area contributed by atoms with Crippen LogP contribution in [0.4, 0.5) is 5.82 Å². The van der Waals surface area contributed by atoms with E-state index in [0.29, 0.717) is 5.92 Å². The van der Waals surface area contributed by atoms with Gasteiger partial charge in [-0.25, -0.2) is 9.97 Å². The number of hydrogen-bond acceptors (Lipinski definition) is 5. The fourth-order valence-corrected chi connectivity index (χ4v) is 3.59. The third-order valence-electron chi connectivity index (χ3n) is 4.46. The van der Waals surface area contributed by atoms with Gasteiger partial charge in [0.2, 0.25) is 5.91 Å². The first-order valence-electron chi connectivity index (χ1n) is 8.61. The average Bonchev–Trinajstić information content (AvgIpc) is 2.53. The Hall–Kier alpha value is -1.30. The van der Waals surface area contributed by atoms with E-state index in [1.807, 2.05) is 45.9 Å². The Balaban J connectivity index is 1.92. The molecule has 0 atom stereocenters. The number of amides is 1. The van der Waals surface area contributed by atoms with Crippen LogP contribution in [0.25, 0.3) is 0 Å². The Morgan fingerprint density at radius 1 is 1.33 bits per heavy atom. The summed E-state index contributed by atoms with van der Waals surface area (Å²) in [7, 11) is 1.93. The van der Waals surface area contributed by atoms with Gasteiger partial charge in [-0.05, 0) is 31.9 Å². The minimum Gasteiger partial charge on any atom is -0.356 e. The highest BCUT2D eigenvalue weighted by Crippen LogP contribution is 2.25. The molecule has 0 spiro atoms. The zero-order chi connectivity index (χ0) is 17.9. The lowest BCUT2D eigenvalue weighted by Gasteiger charge is -2.36. The summed E-state index contributed by atoms with van der Waals surface area (Å²) >= 11 is 1.58. The number of aromatic nitrogens is 2. The van der Waals surface area contributed by atoms with Gasteiger partial charge in [0.05, 0.1) is 0 Å². The van der Waals surface area contributed by atoms with Gasteiger partial charge in [0.25, 0.3) is 0 Å². The first-order chi connectivity index (χ1) is 11.2. The second-order valence-corrected chi connectivity index (χ2v) is 8.49. The molecule has 0 aliphatic carbocycles. The molecule has 24 heavy (non-hydrogen) atoms. The van der Waals surface area contributed by atoms with Gasteiger partial charge in [-0.2, -0.15) is 0 Å². The van der Waals surface area contributed by atoms with Gasteiger partial charge in [-0.15, -0.1) is 0 Å². The van der Waals surface area contributed by atoms with Crippen LogP contribution in [0.2, 0.25) is 0 Å². The zero-order valence-corrected chi connectivity index (χ0v) is 16.6. The smallest absolute Gasteiger partial charge is 0.227 e. The molecule has 1 aliphatic rings. The van der Waals surface area contributed by atoms with E-state index in [1.165, 1.54) is 0 Å². The molecule has 2 rings (SSSR count). The van der Waals surface area contributed by atoms with Crippen LogP contribution in [-0.4, -0.2) is 53.7 Å². The van der Waals surface area contributed by atoms with Gasteiger partial charge in [0.1, 0.15) is 5.82 Å². The van der Waals surface area contributed by atoms with E-state index in [4.69, 9.17) is 0 Å². The number of anilines is 1. The van der Waals surface area contributed by atoms with E-state index in [0.717, 1.165) is 49.1 Å². The predicted octanol–water partition coefficient (Wildman–Crippen LogP) is 3.23. The van der Waals surface area contributed by atoms with Crippen molar-refractivity contribution in [3.63, 3.8) is 0 Å². The van der Waals surface area contributed by atoms with Crippen molar-refractivity contribution in [1.82, 2.24) is 14.9 Å². The Morgan fingerprint density at radius 3 is 2.50 bits per heavy atom. The largest absolute Gasteiger partial charge is 0.356 e. The van der Waals surface area contributed by atoms with Gasteiger partial charge < -0.3 is 9.80 Å².